The summed E-state index contributed by atoms with van der Waals surface area (Å²) in [4.78, 5) is 19.4. The van der Waals surface area contributed by atoms with Crippen LogP contribution in [0.3, 0.4) is 0 Å². The number of thioether (sulfide) groups is 1. The third-order valence-electron chi connectivity index (χ3n) is 4.84. The summed E-state index contributed by atoms with van der Waals surface area (Å²) in [7, 11) is 0. The lowest BCUT2D eigenvalue weighted by molar-refractivity contribution is -0.144. The van der Waals surface area contributed by atoms with Crippen LogP contribution in [0, 0.1) is 5.92 Å². The van der Waals surface area contributed by atoms with Crippen LogP contribution in [-0.2, 0) is 28.8 Å². The van der Waals surface area contributed by atoms with Gasteiger partial charge in [0.25, 0.3) is 0 Å². The lowest BCUT2D eigenvalue weighted by Crippen LogP contribution is -2.13. The highest BCUT2D eigenvalue weighted by Crippen LogP contribution is 2.39. The van der Waals surface area contributed by atoms with E-state index in [-0.39, 0.29) is 17.8 Å². The molecule has 0 saturated carbocycles. The van der Waals surface area contributed by atoms with E-state index in [1.54, 1.807) is 0 Å². The molecule has 0 fully saturated rings. The van der Waals surface area contributed by atoms with Gasteiger partial charge in [0.15, 0.2) is 10.8 Å². The summed E-state index contributed by atoms with van der Waals surface area (Å²) >= 11 is 3.17. The second-order valence-corrected chi connectivity index (χ2v) is 9.41. The van der Waals surface area contributed by atoms with E-state index < -0.39 is 0 Å². The monoisotopic (exact) mass is 404 g/mol. The number of carbonyl (C=O) groups is 1. The zero-order valence-electron chi connectivity index (χ0n) is 16.1. The van der Waals surface area contributed by atoms with Gasteiger partial charge in [0, 0.05) is 11.3 Å². The van der Waals surface area contributed by atoms with Gasteiger partial charge in [-0.05, 0) is 44.6 Å². The Hall–Kier alpha value is -1.67. The lowest BCUT2D eigenvalue weighted by Gasteiger charge is -2.17. The molecule has 1 atom stereocenters. The van der Waals surface area contributed by atoms with Gasteiger partial charge >= 0.3 is 5.97 Å². The molecule has 144 valence electrons. The van der Waals surface area contributed by atoms with Gasteiger partial charge in [0.2, 0.25) is 0 Å². The van der Waals surface area contributed by atoms with Crippen molar-refractivity contribution >= 4 is 44.9 Å². The van der Waals surface area contributed by atoms with Crippen molar-refractivity contribution in [2.75, 3.05) is 5.75 Å². The van der Waals surface area contributed by atoms with Crippen molar-refractivity contribution in [1.29, 1.82) is 0 Å². The van der Waals surface area contributed by atoms with Gasteiger partial charge in [0.1, 0.15) is 10.7 Å². The van der Waals surface area contributed by atoms with Crippen LogP contribution in [0.5, 0.6) is 0 Å². The minimum atomic E-state index is -0.235. The van der Waals surface area contributed by atoms with E-state index in [4.69, 9.17) is 9.72 Å². The van der Waals surface area contributed by atoms with Crippen LogP contribution in [0.25, 0.3) is 15.9 Å². The molecule has 0 aliphatic heterocycles. The molecule has 0 N–H and O–H groups in total. The van der Waals surface area contributed by atoms with Crippen LogP contribution in [0.2, 0.25) is 0 Å². The van der Waals surface area contributed by atoms with Gasteiger partial charge in [-0.3, -0.25) is 9.20 Å². The molecule has 0 aromatic carbocycles. The third-order valence-corrected chi connectivity index (χ3v) is 6.89. The molecule has 3 aromatic heterocycles. The third kappa shape index (κ3) is 3.45. The normalized spacial score (nSPS) is 17.0. The van der Waals surface area contributed by atoms with E-state index in [0.29, 0.717) is 5.16 Å². The molecule has 0 unspecified atom stereocenters. The molecule has 4 rings (SSSR count). The van der Waals surface area contributed by atoms with Crippen LogP contribution in [-0.4, -0.2) is 37.4 Å². The Morgan fingerprint density at radius 2 is 2.22 bits per heavy atom. The fourth-order valence-electron chi connectivity index (χ4n) is 3.63. The molecule has 1 aliphatic rings. The van der Waals surface area contributed by atoms with Gasteiger partial charge in [-0.1, -0.05) is 25.6 Å². The highest BCUT2D eigenvalue weighted by atomic mass is 32.2. The van der Waals surface area contributed by atoms with Gasteiger partial charge < -0.3 is 4.74 Å². The first-order chi connectivity index (χ1) is 13.0. The quantitative estimate of drug-likeness (QED) is 0.472. The van der Waals surface area contributed by atoms with Gasteiger partial charge in [0.05, 0.1) is 17.2 Å². The van der Waals surface area contributed by atoms with Crippen LogP contribution >= 0.6 is 23.1 Å². The zero-order chi connectivity index (χ0) is 19.1. The predicted molar refractivity (Wildman–Crippen MR) is 109 cm³/mol. The van der Waals surface area contributed by atoms with Crippen LogP contribution in [0.15, 0.2) is 5.16 Å². The number of nitrogens with zero attached hydrogens (tertiary/aromatic N) is 4. The van der Waals surface area contributed by atoms with Crippen LogP contribution in [0.4, 0.5) is 0 Å². The first-order valence-corrected chi connectivity index (χ1v) is 11.3. The van der Waals surface area contributed by atoms with Crippen molar-refractivity contribution in [3.05, 3.63) is 16.3 Å². The minimum absolute atomic E-state index is 0.111. The Balaban J connectivity index is 1.77. The largest absolute Gasteiger partial charge is 0.462 e. The average Bonchev–Trinajstić information content (AvgIpc) is 3.18. The number of esters is 1. The maximum Gasteiger partial charge on any atom is 0.316 e. The summed E-state index contributed by atoms with van der Waals surface area (Å²) in [5.41, 5.74) is 2.28. The fourth-order valence-corrected chi connectivity index (χ4v) is 5.76. The molecule has 3 heterocycles. The topological polar surface area (TPSA) is 69.4 Å². The van der Waals surface area contributed by atoms with Crippen molar-refractivity contribution in [2.45, 2.75) is 64.6 Å². The van der Waals surface area contributed by atoms with Gasteiger partial charge in [-0.25, -0.2) is 4.98 Å². The molecule has 6 nitrogen and oxygen atoms in total. The van der Waals surface area contributed by atoms with E-state index in [0.717, 1.165) is 46.9 Å². The molecular formula is C19H24N4O2S2. The second kappa shape index (κ2) is 7.39. The van der Waals surface area contributed by atoms with E-state index in [1.165, 1.54) is 28.6 Å². The Morgan fingerprint density at radius 1 is 1.41 bits per heavy atom. The van der Waals surface area contributed by atoms with Crippen molar-refractivity contribution in [1.82, 2.24) is 19.6 Å². The Morgan fingerprint density at radius 3 is 2.96 bits per heavy atom. The summed E-state index contributed by atoms with van der Waals surface area (Å²) in [6.45, 7) is 8.11. The Labute approximate surface area is 166 Å². The van der Waals surface area contributed by atoms with Crippen molar-refractivity contribution in [2.24, 2.45) is 5.92 Å². The number of carbonyl (C=O) groups excluding carboxylic acids is 1. The van der Waals surface area contributed by atoms with Gasteiger partial charge in [-0.15, -0.1) is 21.5 Å². The first-order valence-electron chi connectivity index (χ1n) is 9.48. The summed E-state index contributed by atoms with van der Waals surface area (Å²) < 4.78 is 7.26. The highest BCUT2D eigenvalue weighted by molar-refractivity contribution is 7.99. The molecule has 8 heteroatoms. The summed E-state index contributed by atoms with van der Waals surface area (Å²) in [6, 6.07) is 0. The summed E-state index contributed by atoms with van der Waals surface area (Å²) in [6.07, 6.45) is 4.08. The molecule has 0 saturated heterocycles. The number of rotatable bonds is 5. The number of hydrogen-bond acceptors (Lipinski definition) is 7. The maximum absolute atomic E-state index is 11.9. The number of aromatic nitrogens is 4. The van der Waals surface area contributed by atoms with E-state index in [2.05, 4.69) is 24.0 Å². The van der Waals surface area contributed by atoms with E-state index >= 15 is 0 Å². The molecule has 0 spiro atoms. The van der Waals surface area contributed by atoms with Crippen molar-refractivity contribution in [3.8, 4) is 0 Å². The number of hydrogen-bond donors (Lipinski definition) is 0. The molecule has 0 amide bonds. The first kappa shape index (κ1) is 18.7. The summed E-state index contributed by atoms with van der Waals surface area (Å²) in [5, 5.41) is 10.7. The molecule has 0 radical (unpaired) electrons. The van der Waals surface area contributed by atoms with Crippen LogP contribution in [0.1, 0.15) is 50.4 Å². The second-order valence-electron chi connectivity index (χ2n) is 7.38. The zero-order valence-corrected chi connectivity index (χ0v) is 17.7. The molecular weight excluding hydrogens is 380 g/mol. The lowest BCUT2D eigenvalue weighted by atomic mass is 9.89. The Bertz CT molecular complexity index is 1010. The molecule has 3 aromatic rings. The van der Waals surface area contributed by atoms with Crippen molar-refractivity contribution < 1.29 is 9.53 Å². The number of thiophene rings is 1. The molecule has 0 bridgehead atoms. The molecule has 1 aliphatic carbocycles. The summed E-state index contributed by atoms with van der Waals surface area (Å²) in [5.74, 6) is 1.65. The van der Waals surface area contributed by atoms with E-state index in [1.807, 2.05) is 29.6 Å². The fraction of sp³-hybridized carbons (Fsp3) is 0.579. The smallest absolute Gasteiger partial charge is 0.316 e. The van der Waals surface area contributed by atoms with Gasteiger partial charge in [-0.2, -0.15) is 0 Å². The standard InChI is InChI=1S/C19H24N4O2S2/c1-5-14-20-18-16(12-7-6-11(4)8-13(12)27-18)17-21-22-19(23(14)17)26-9-15(24)25-10(2)3/h10-11H,5-9H2,1-4H3/t11-/m0/s1. The minimum Gasteiger partial charge on any atom is -0.462 e. The Kier molecular flexibility index (Phi) is 5.11. The SMILES string of the molecule is CCc1nc2sc3c(c2c2nnc(SCC(=O)OC(C)C)n12)CC[C@H](C)C3. The van der Waals surface area contributed by atoms with Crippen molar-refractivity contribution in [3.63, 3.8) is 0 Å². The average molecular weight is 405 g/mol. The van der Waals surface area contributed by atoms with E-state index in [9.17, 15) is 4.79 Å². The molecule has 27 heavy (non-hydrogen) atoms. The number of aryl methyl sites for hydroxylation is 2. The number of fused-ring (bicyclic) bond motifs is 5. The van der Waals surface area contributed by atoms with Crippen LogP contribution < -0.4 is 0 Å². The predicted octanol–water partition coefficient (Wildman–Crippen LogP) is 4.07. The maximum atomic E-state index is 11.9. The number of ether oxygens (including phenoxy) is 1. The highest BCUT2D eigenvalue weighted by Gasteiger charge is 2.25.